The number of carbonyl (C=O) groups is 3. The smallest absolute Gasteiger partial charge is 0.339 e. The van der Waals surface area contributed by atoms with Crippen molar-refractivity contribution in [3.05, 3.63) is 94.9 Å². The van der Waals surface area contributed by atoms with Crippen molar-refractivity contribution in [2.45, 2.75) is 26.8 Å². The van der Waals surface area contributed by atoms with Crippen molar-refractivity contribution in [1.29, 1.82) is 0 Å². The molecule has 1 amide bonds. The minimum absolute atomic E-state index is 0.105. The molecule has 178 valence electrons. The van der Waals surface area contributed by atoms with Gasteiger partial charge in [-0.1, -0.05) is 48.5 Å². The second kappa shape index (κ2) is 10.2. The number of aromatic nitrogens is 3. The first-order chi connectivity index (χ1) is 16.9. The molecule has 0 bridgehead atoms. The molecule has 8 nitrogen and oxygen atoms in total. The number of nitrogens with one attached hydrogen (secondary N) is 2. The molecule has 0 aliphatic rings. The average Bonchev–Trinajstić information content (AvgIpc) is 3.44. The number of para-hydroxylation sites is 1. The fourth-order valence-corrected chi connectivity index (χ4v) is 4.03. The first-order valence-corrected chi connectivity index (χ1v) is 11.2. The molecule has 2 heterocycles. The molecule has 2 aromatic heterocycles. The molecule has 0 aliphatic heterocycles. The van der Waals surface area contributed by atoms with E-state index in [2.05, 4.69) is 10.3 Å². The van der Waals surface area contributed by atoms with Gasteiger partial charge in [-0.2, -0.15) is 5.10 Å². The van der Waals surface area contributed by atoms with Crippen molar-refractivity contribution in [1.82, 2.24) is 20.1 Å². The summed E-state index contributed by atoms with van der Waals surface area (Å²) >= 11 is 0. The van der Waals surface area contributed by atoms with Crippen molar-refractivity contribution >= 4 is 17.7 Å². The number of rotatable bonds is 8. The minimum atomic E-state index is -0.593. The molecule has 4 aromatic rings. The van der Waals surface area contributed by atoms with Crippen LogP contribution in [0.3, 0.4) is 0 Å². The highest BCUT2D eigenvalue weighted by Crippen LogP contribution is 2.24. The lowest BCUT2D eigenvalue weighted by Gasteiger charge is -2.07. The first kappa shape index (κ1) is 23.7. The molecule has 35 heavy (non-hydrogen) atoms. The number of carbonyl (C=O) groups excluding carboxylic acids is 3. The normalized spacial score (nSPS) is 10.7. The lowest BCUT2D eigenvalue weighted by molar-refractivity contribution is -0.120. The second-order valence-corrected chi connectivity index (χ2v) is 8.13. The minimum Gasteiger partial charge on any atom is -0.465 e. The van der Waals surface area contributed by atoms with E-state index in [1.165, 1.54) is 14.0 Å². The van der Waals surface area contributed by atoms with Gasteiger partial charge in [0.25, 0.3) is 0 Å². The molecule has 0 spiro atoms. The number of ether oxygens (including phenoxy) is 1. The predicted octanol–water partition coefficient (Wildman–Crippen LogP) is 4.02. The Morgan fingerprint density at radius 1 is 1.03 bits per heavy atom. The number of benzene rings is 2. The van der Waals surface area contributed by atoms with Crippen molar-refractivity contribution < 1.29 is 19.1 Å². The quantitative estimate of drug-likeness (QED) is 0.299. The van der Waals surface area contributed by atoms with Gasteiger partial charge >= 0.3 is 5.97 Å². The van der Waals surface area contributed by atoms with Gasteiger partial charge in [0.05, 0.1) is 36.2 Å². The van der Waals surface area contributed by atoms with E-state index in [1.807, 2.05) is 66.9 Å². The number of ketones is 1. The molecule has 2 N–H and O–H groups in total. The lowest BCUT2D eigenvalue weighted by atomic mass is 10.1. The Morgan fingerprint density at radius 2 is 1.69 bits per heavy atom. The lowest BCUT2D eigenvalue weighted by Crippen LogP contribution is -2.25. The summed E-state index contributed by atoms with van der Waals surface area (Å²) in [6.07, 6.45) is 1.79. The Balaban J connectivity index is 1.58. The van der Waals surface area contributed by atoms with Gasteiger partial charge in [0.1, 0.15) is 0 Å². The Labute approximate surface area is 202 Å². The summed E-state index contributed by atoms with van der Waals surface area (Å²) in [5.41, 5.74) is 4.78. The monoisotopic (exact) mass is 470 g/mol. The highest BCUT2D eigenvalue weighted by atomic mass is 16.5. The van der Waals surface area contributed by atoms with E-state index in [4.69, 9.17) is 9.84 Å². The Morgan fingerprint density at radius 3 is 2.31 bits per heavy atom. The third-order valence-electron chi connectivity index (χ3n) is 5.74. The van der Waals surface area contributed by atoms with Crippen LogP contribution in [0.2, 0.25) is 0 Å². The standard InChI is InChI=1S/C27H26N4O4/c1-17-24(27(34)35-3)22(29-25(17)18(2)32)14-23(33)28-15-20-16-31(21-12-8-5-9-13-21)30-26(20)19-10-6-4-7-11-19/h4-13,16,29H,14-15H2,1-3H3,(H,28,33). The van der Waals surface area contributed by atoms with Gasteiger partial charge in [0.2, 0.25) is 5.91 Å². The highest BCUT2D eigenvalue weighted by Gasteiger charge is 2.24. The number of hydrogen-bond donors (Lipinski definition) is 2. The number of nitrogens with zero attached hydrogens (tertiary/aromatic N) is 2. The van der Waals surface area contributed by atoms with Crippen molar-refractivity contribution in [3.63, 3.8) is 0 Å². The van der Waals surface area contributed by atoms with E-state index in [-0.39, 0.29) is 30.2 Å². The summed E-state index contributed by atoms with van der Waals surface area (Å²) in [6.45, 7) is 3.30. The molecule has 0 unspecified atom stereocenters. The van der Waals surface area contributed by atoms with Gasteiger partial charge in [-0.05, 0) is 24.6 Å². The van der Waals surface area contributed by atoms with Crippen LogP contribution in [0.15, 0.2) is 66.9 Å². The zero-order valence-electron chi connectivity index (χ0n) is 19.8. The maximum Gasteiger partial charge on any atom is 0.339 e. The number of amides is 1. The predicted molar refractivity (Wildman–Crippen MR) is 131 cm³/mol. The maximum absolute atomic E-state index is 12.9. The molecule has 0 aliphatic carbocycles. The summed E-state index contributed by atoms with van der Waals surface area (Å²) in [5.74, 6) is -1.12. The Kier molecular flexibility index (Phi) is 6.91. The van der Waals surface area contributed by atoms with Crippen LogP contribution in [0.25, 0.3) is 16.9 Å². The molecule has 0 saturated heterocycles. The van der Waals surface area contributed by atoms with Gasteiger partial charge in [-0.25, -0.2) is 9.48 Å². The van der Waals surface area contributed by atoms with Crippen LogP contribution in [-0.4, -0.2) is 39.5 Å². The molecule has 0 saturated carbocycles. The SMILES string of the molecule is COC(=O)c1c(CC(=O)NCc2cn(-c3ccccc3)nc2-c2ccccc2)[nH]c(C(C)=O)c1C. The topological polar surface area (TPSA) is 106 Å². The Bertz CT molecular complexity index is 1370. The number of esters is 1. The summed E-state index contributed by atoms with van der Waals surface area (Å²) in [5, 5.41) is 7.67. The fourth-order valence-electron chi connectivity index (χ4n) is 4.03. The fraction of sp³-hybridized carbons (Fsp3) is 0.185. The molecule has 0 fully saturated rings. The van der Waals surface area contributed by atoms with E-state index < -0.39 is 5.97 Å². The zero-order chi connectivity index (χ0) is 24.9. The summed E-state index contributed by atoms with van der Waals surface area (Å²) < 4.78 is 6.64. The van der Waals surface area contributed by atoms with Gasteiger partial charge in [-0.3, -0.25) is 9.59 Å². The van der Waals surface area contributed by atoms with E-state index in [0.717, 1.165) is 22.5 Å². The summed E-state index contributed by atoms with van der Waals surface area (Å²) in [4.78, 5) is 40.0. The van der Waals surface area contributed by atoms with Crippen LogP contribution >= 0.6 is 0 Å². The number of hydrogen-bond acceptors (Lipinski definition) is 5. The first-order valence-electron chi connectivity index (χ1n) is 11.2. The average molecular weight is 471 g/mol. The van der Waals surface area contributed by atoms with E-state index in [9.17, 15) is 14.4 Å². The largest absolute Gasteiger partial charge is 0.465 e. The van der Waals surface area contributed by atoms with Gasteiger partial charge in [0, 0.05) is 36.5 Å². The van der Waals surface area contributed by atoms with Crippen LogP contribution in [0, 0.1) is 6.92 Å². The zero-order valence-corrected chi connectivity index (χ0v) is 19.8. The number of Topliss-reactive ketones (excluding diaryl/α,β-unsaturated/α-hetero) is 1. The van der Waals surface area contributed by atoms with Crippen LogP contribution in [0.4, 0.5) is 0 Å². The van der Waals surface area contributed by atoms with Gasteiger partial charge in [-0.15, -0.1) is 0 Å². The molecule has 8 heteroatoms. The third kappa shape index (κ3) is 5.06. The molecule has 0 atom stereocenters. The summed E-state index contributed by atoms with van der Waals surface area (Å²) in [7, 11) is 1.27. The molecular weight excluding hydrogens is 444 g/mol. The van der Waals surface area contributed by atoms with E-state index >= 15 is 0 Å². The molecule has 0 radical (unpaired) electrons. The second-order valence-electron chi connectivity index (χ2n) is 8.13. The van der Waals surface area contributed by atoms with Crippen LogP contribution in [0.5, 0.6) is 0 Å². The summed E-state index contributed by atoms with van der Waals surface area (Å²) in [6, 6.07) is 19.5. The van der Waals surface area contributed by atoms with Crippen LogP contribution in [0.1, 0.15) is 44.6 Å². The maximum atomic E-state index is 12.9. The highest BCUT2D eigenvalue weighted by molar-refractivity contribution is 6.01. The van der Waals surface area contributed by atoms with Crippen molar-refractivity contribution in [2.24, 2.45) is 0 Å². The van der Waals surface area contributed by atoms with Gasteiger partial charge < -0.3 is 15.0 Å². The number of aromatic amines is 1. The molecular formula is C27H26N4O4. The Hall–Kier alpha value is -4.46. The van der Waals surface area contributed by atoms with Crippen molar-refractivity contribution in [3.8, 4) is 16.9 Å². The molecule has 2 aromatic carbocycles. The van der Waals surface area contributed by atoms with Gasteiger partial charge in [0.15, 0.2) is 5.78 Å². The number of H-pyrrole nitrogens is 1. The van der Waals surface area contributed by atoms with E-state index in [0.29, 0.717) is 17.0 Å². The van der Waals surface area contributed by atoms with Crippen LogP contribution in [-0.2, 0) is 22.5 Å². The van der Waals surface area contributed by atoms with E-state index in [1.54, 1.807) is 11.6 Å². The van der Waals surface area contributed by atoms with Crippen molar-refractivity contribution in [2.75, 3.05) is 7.11 Å². The number of methoxy groups -OCH3 is 1. The third-order valence-corrected chi connectivity index (χ3v) is 5.74. The van der Waals surface area contributed by atoms with Crippen LogP contribution < -0.4 is 5.32 Å². The molecule has 4 rings (SSSR count).